The summed E-state index contributed by atoms with van der Waals surface area (Å²) in [5, 5.41) is 7.96. The third-order valence-corrected chi connectivity index (χ3v) is 8.21. The molecule has 184 valence electrons. The first-order valence-corrected chi connectivity index (χ1v) is 13.6. The molecule has 0 unspecified atom stereocenters. The van der Waals surface area contributed by atoms with Crippen molar-refractivity contribution in [1.82, 2.24) is 24.3 Å². The summed E-state index contributed by atoms with van der Waals surface area (Å²) in [4.78, 5) is 9.54. The Labute approximate surface area is 228 Å². The quantitative estimate of drug-likeness (QED) is 0.235. The largest absolute Gasteiger partial charge is 0.307 e. The minimum absolute atomic E-state index is 0.947. The molecule has 0 saturated heterocycles. The van der Waals surface area contributed by atoms with Crippen molar-refractivity contribution in [3.05, 3.63) is 128 Å². The Hall–Kier alpha value is -5.07. The Morgan fingerprint density at radius 3 is 2.46 bits per heavy atom. The highest BCUT2D eigenvalue weighted by atomic mass is 32.1. The van der Waals surface area contributed by atoms with E-state index in [-0.39, 0.29) is 0 Å². The summed E-state index contributed by atoms with van der Waals surface area (Å²) in [5.41, 5.74) is 8.48. The zero-order valence-electron chi connectivity index (χ0n) is 20.8. The van der Waals surface area contributed by atoms with Gasteiger partial charge in [0.2, 0.25) is 0 Å². The molecule has 0 saturated carbocycles. The van der Waals surface area contributed by atoms with Crippen LogP contribution in [0.25, 0.3) is 65.2 Å². The van der Waals surface area contributed by atoms with Crippen molar-refractivity contribution in [2.75, 3.05) is 0 Å². The van der Waals surface area contributed by atoms with E-state index in [1.54, 1.807) is 11.3 Å². The molecule has 0 radical (unpaired) electrons. The molecule has 0 amide bonds. The van der Waals surface area contributed by atoms with Crippen LogP contribution in [0.15, 0.2) is 128 Å². The Morgan fingerprint density at radius 2 is 1.59 bits per heavy atom. The lowest BCUT2D eigenvalue weighted by atomic mass is 10.1. The lowest BCUT2D eigenvalue weighted by Crippen LogP contribution is -2.01. The highest BCUT2D eigenvalue weighted by Gasteiger charge is 2.18. The molecular weight excluding hydrogens is 498 g/mol. The average molecular weight is 520 g/mol. The fourth-order valence-electron chi connectivity index (χ4n) is 5.38. The van der Waals surface area contributed by atoms with E-state index in [1.165, 1.54) is 15.5 Å². The van der Waals surface area contributed by atoms with Gasteiger partial charge in [0.05, 0.1) is 32.6 Å². The minimum Gasteiger partial charge on any atom is -0.307 e. The fourth-order valence-corrected chi connectivity index (χ4v) is 6.34. The fraction of sp³-hybridized carbons (Fsp3) is 0. The van der Waals surface area contributed by atoms with Crippen LogP contribution < -0.4 is 0 Å². The molecule has 4 aromatic carbocycles. The molecule has 5 nitrogen and oxygen atoms in total. The highest BCUT2D eigenvalue weighted by molar-refractivity contribution is 7.21. The van der Waals surface area contributed by atoms with Gasteiger partial charge in [0.1, 0.15) is 5.01 Å². The Kier molecular flexibility index (Phi) is 4.93. The van der Waals surface area contributed by atoms with Gasteiger partial charge in [-0.1, -0.05) is 54.6 Å². The van der Waals surface area contributed by atoms with Gasteiger partial charge in [-0.3, -0.25) is 4.98 Å². The molecule has 6 heteroatoms. The number of thiazole rings is 1. The summed E-state index contributed by atoms with van der Waals surface area (Å²) in [7, 11) is 0. The topological polar surface area (TPSA) is 48.5 Å². The molecule has 0 N–H and O–H groups in total. The van der Waals surface area contributed by atoms with E-state index >= 15 is 0 Å². The first kappa shape index (κ1) is 22.0. The van der Waals surface area contributed by atoms with Crippen molar-refractivity contribution in [1.29, 1.82) is 0 Å². The summed E-state index contributed by atoms with van der Waals surface area (Å²) in [5.74, 6) is 0. The van der Waals surface area contributed by atoms with Crippen molar-refractivity contribution in [3.8, 4) is 33.2 Å². The number of hydrogen-bond donors (Lipinski definition) is 0. The Balaban J connectivity index is 1.44. The molecule has 39 heavy (non-hydrogen) atoms. The van der Waals surface area contributed by atoms with E-state index in [4.69, 9.17) is 4.98 Å². The Morgan fingerprint density at radius 1 is 0.667 bits per heavy atom. The lowest BCUT2D eigenvalue weighted by molar-refractivity contribution is 0.882. The number of pyridine rings is 1. The first-order valence-electron chi connectivity index (χ1n) is 12.8. The molecule has 0 fully saturated rings. The second-order valence-electron chi connectivity index (χ2n) is 9.44. The van der Waals surface area contributed by atoms with Crippen molar-refractivity contribution >= 4 is 43.4 Å². The van der Waals surface area contributed by atoms with Crippen LogP contribution in [0.4, 0.5) is 0 Å². The van der Waals surface area contributed by atoms with Gasteiger partial charge in [-0.2, -0.15) is 5.10 Å². The minimum atomic E-state index is 0.947. The first-order chi connectivity index (χ1) is 19.3. The number of rotatable bonds is 4. The van der Waals surface area contributed by atoms with Crippen LogP contribution in [0.2, 0.25) is 0 Å². The van der Waals surface area contributed by atoms with Gasteiger partial charge in [-0.25, -0.2) is 9.67 Å². The molecule has 8 rings (SSSR count). The predicted octanol–water partition coefficient (Wildman–Crippen LogP) is 8.31. The molecule has 0 bridgehead atoms. The summed E-state index contributed by atoms with van der Waals surface area (Å²) in [6.45, 7) is 0. The average Bonchev–Trinajstić information content (AvgIpc) is 3.75. The summed E-state index contributed by atoms with van der Waals surface area (Å²) in [6.07, 6.45) is 5.65. The van der Waals surface area contributed by atoms with E-state index in [0.29, 0.717) is 0 Å². The van der Waals surface area contributed by atoms with Gasteiger partial charge < -0.3 is 4.57 Å². The molecule has 0 aliphatic heterocycles. The molecule has 4 heterocycles. The zero-order valence-corrected chi connectivity index (χ0v) is 21.6. The van der Waals surface area contributed by atoms with Crippen molar-refractivity contribution in [3.63, 3.8) is 0 Å². The van der Waals surface area contributed by atoms with Crippen molar-refractivity contribution < 1.29 is 0 Å². The third kappa shape index (κ3) is 3.57. The van der Waals surface area contributed by atoms with Crippen LogP contribution in [0.3, 0.4) is 0 Å². The molecule has 0 atom stereocenters. The van der Waals surface area contributed by atoms with Crippen LogP contribution in [0, 0.1) is 0 Å². The molecule has 0 spiro atoms. The van der Waals surface area contributed by atoms with E-state index in [1.807, 2.05) is 53.6 Å². The normalized spacial score (nSPS) is 11.6. The number of benzene rings is 4. The van der Waals surface area contributed by atoms with Gasteiger partial charge >= 0.3 is 0 Å². The summed E-state index contributed by atoms with van der Waals surface area (Å²) in [6, 6.07) is 38.0. The number of nitrogens with zero attached hydrogens (tertiary/aromatic N) is 5. The maximum atomic E-state index is 4.94. The second kappa shape index (κ2) is 8.75. The van der Waals surface area contributed by atoms with Crippen LogP contribution in [0.5, 0.6) is 0 Å². The lowest BCUT2D eigenvalue weighted by Gasteiger charge is -2.13. The van der Waals surface area contributed by atoms with Gasteiger partial charge in [0, 0.05) is 46.2 Å². The van der Waals surface area contributed by atoms with Gasteiger partial charge in [-0.05, 0) is 54.6 Å². The van der Waals surface area contributed by atoms with Crippen LogP contribution in [-0.2, 0) is 0 Å². The van der Waals surface area contributed by atoms with Crippen LogP contribution in [-0.4, -0.2) is 24.3 Å². The molecule has 0 aliphatic carbocycles. The van der Waals surface area contributed by atoms with E-state index < -0.39 is 0 Å². The molecule has 4 aromatic heterocycles. The number of hydrogen-bond acceptors (Lipinski definition) is 4. The SMILES string of the molecule is c1ccc(-c2cccc(-n3c4cc(-c5nc6ccccc6s5)ccc4c4cccc(-n5cccn5)c43)c2)nc1. The maximum Gasteiger partial charge on any atom is 0.124 e. The molecular formula is C33H21N5S. The maximum absolute atomic E-state index is 4.94. The van der Waals surface area contributed by atoms with Gasteiger partial charge in [0.15, 0.2) is 0 Å². The van der Waals surface area contributed by atoms with E-state index in [9.17, 15) is 0 Å². The standard InChI is InChI=1S/C33H21N5S/c1-2-14-31-28(12-1)36-33(39-31)23-15-16-25-26-10-6-13-29(37-19-7-18-35-37)32(26)38(30(25)21-23)24-9-5-8-22(20-24)27-11-3-4-17-34-27/h1-21H. The van der Waals surface area contributed by atoms with E-state index in [2.05, 4.69) is 93.5 Å². The third-order valence-electron chi connectivity index (χ3n) is 7.12. The number of aromatic nitrogens is 5. The van der Waals surface area contributed by atoms with Crippen molar-refractivity contribution in [2.24, 2.45) is 0 Å². The van der Waals surface area contributed by atoms with Crippen molar-refractivity contribution in [2.45, 2.75) is 0 Å². The van der Waals surface area contributed by atoms with Crippen LogP contribution >= 0.6 is 11.3 Å². The number of fused-ring (bicyclic) bond motifs is 4. The summed E-state index contributed by atoms with van der Waals surface area (Å²) >= 11 is 1.73. The summed E-state index contributed by atoms with van der Waals surface area (Å²) < 4.78 is 5.48. The van der Waals surface area contributed by atoms with Gasteiger partial charge in [0.25, 0.3) is 0 Å². The number of para-hydroxylation sites is 2. The highest BCUT2D eigenvalue weighted by Crippen LogP contribution is 2.39. The van der Waals surface area contributed by atoms with E-state index in [0.717, 1.165) is 49.8 Å². The second-order valence-corrected chi connectivity index (χ2v) is 10.5. The zero-order chi connectivity index (χ0) is 25.8. The van der Waals surface area contributed by atoms with Crippen LogP contribution in [0.1, 0.15) is 0 Å². The van der Waals surface area contributed by atoms with Gasteiger partial charge in [-0.15, -0.1) is 11.3 Å². The molecule has 8 aromatic rings. The Bertz CT molecular complexity index is 2090. The predicted molar refractivity (Wildman–Crippen MR) is 160 cm³/mol. The monoisotopic (exact) mass is 519 g/mol. The smallest absolute Gasteiger partial charge is 0.124 e. The molecule has 0 aliphatic rings.